The first-order valence-corrected chi connectivity index (χ1v) is 4.95. The van der Waals surface area contributed by atoms with Gasteiger partial charge in [-0.05, 0) is 25.5 Å². The van der Waals surface area contributed by atoms with Crippen molar-refractivity contribution in [1.29, 1.82) is 0 Å². The Hall–Kier alpha value is -1.28. The van der Waals surface area contributed by atoms with Crippen molar-refractivity contribution in [3.05, 3.63) is 36.4 Å². The molecule has 0 aliphatic heterocycles. The normalized spacial score (nSPS) is 9.86. The lowest BCUT2D eigenvalue weighted by Gasteiger charge is -2.23. The second-order valence-corrected chi connectivity index (χ2v) is 2.88. The molecule has 0 fully saturated rings. The number of hydrogen-bond acceptors (Lipinski definition) is 2. The highest BCUT2D eigenvalue weighted by molar-refractivity contribution is 5.65. The van der Waals surface area contributed by atoms with Gasteiger partial charge < -0.3 is 0 Å². The predicted octanol–water partition coefficient (Wildman–Crippen LogP) is 3.11. The summed E-state index contributed by atoms with van der Waals surface area (Å²) in [4.78, 5) is 5.51. The summed E-state index contributed by atoms with van der Waals surface area (Å²) in [5, 5.41) is 1.89. The van der Waals surface area contributed by atoms with Gasteiger partial charge in [0.1, 0.15) is 0 Å². The molecule has 0 radical (unpaired) electrons. The van der Waals surface area contributed by atoms with Crippen LogP contribution in [0.1, 0.15) is 19.4 Å². The Bertz CT molecular complexity index is 296. The van der Waals surface area contributed by atoms with Gasteiger partial charge in [0.15, 0.2) is 0 Å². The first-order chi connectivity index (χ1) is 6.83. The fourth-order valence-electron chi connectivity index (χ4n) is 1.37. The van der Waals surface area contributed by atoms with Crippen molar-refractivity contribution >= 4 is 11.8 Å². The van der Waals surface area contributed by atoms with Crippen LogP contribution < -0.4 is 5.06 Å². The van der Waals surface area contributed by atoms with Crippen LogP contribution in [0, 0.1) is 0 Å². The molecule has 76 valence electrons. The SMILES string of the molecule is C=Cc1ccccc1N(CC)OCC. The minimum atomic E-state index is 0.680. The topological polar surface area (TPSA) is 12.5 Å². The quantitative estimate of drug-likeness (QED) is 0.663. The van der Waals surface area contributed by atoms with Gasteiger partial charge in [0, 0.05) is 6.54 Å². The second kappa shape index (κ2) is 5.45. The molecular formula is C12H17NO. The first kappa shape index (κ1) is 10.8. The first-order valence-electron chi connectivity index (χ1n) is 4.95. The van der Waals surface area contributed by atoms with Crippen molar-refractivity contribution < 1.29 is 4.84 Å². The Balaban J connectivity index is 2.95. The zero-order chi connectivity index (χ0) is 10.4. The monoisotopic (exact) mass is 191 g/mol. The van der Waals surface area contributed by atoms with E-state index in [1.807, 2.05) is 42.3 Å². The number of hydrogen-bond donors (Lipinski definition) is 0. The molecule has 0 amide bonds. The number of nitrogens with zero attached hydrogens (tertiary/aromatic N) is 1. The fraction of sp³-hybridized carbons (Fsp3) is 0.333. The van der Waals surface area contributed by atoms with Crippen LogP contribution in [-0.4, -0.2) is 13.2 Å². The van der Waals surface area contributed by atoms with Crippen LogP contribution in [0.4, 0.5) is 5.69 Å². The molecule has 1 aromatic rings. The van der Waals surface area contributed by atoms with E-state index in [9.17, 15) is 0 Å². The molecule has 0 spiro atoms. The number of anilines is 1. The smallest absolute Gasteiger partial charge is 0.0720 e. The molecule has 0 bridgehead atoms. The van der Waals surface area contributed by atoms with E-state index in [0.29, 0.717) is 6.61 Å². The fourth-order valence-corrected chi connectivity index (χ4v) is 1.37. The number of rotatable bonds is 5. The second-order valence-electron chi connectivity index (χ2n) is 2.88. The molecule has 14 heavy (non-hydrogen) atoms. The minimum absolute atomic E-state index is 0.680. The van der Waals surface area contributed by atoms with Crippen molar-refractivity contribution in [3.8, 4) is 0 Å². The summed E-state index contributed by atoms with van der Waals surface area (Å²) >= 11 is 0. The lowest BCUT2D eigenvalue weighted by atomic mass is 10.2. The van der Waals surface area contributed by atoms with Gasteiger partial charge in [0.2, 0.25) is 0 Å². The van der Waals surface area contributed by atoms with Crippen molar-refractivity contribution in [1.82, 2.24) is 0 Å². The lowest BCUT2D eigenvalue weighted by Crippen LogP contribution is -2.23. The zero-order valence-corrected chi connectivity index (χ0v) is 8.86. The van der Waals surface area contributed by atoms with Crippen molar-refractivity contribution in [3.63, 3.8) is 0 Å². The van der Waals surface area contributed by atoms with Crippen LogP contribution >= 0.6 is 0 Å². The third-order valence-corrected chi connectivity index (χ3v) is 2.00. The van der Waals surface area contributed by atoms with Crippen molar-refractivity contribution in [2.75, 3.05) is 18.2 Å². The van der Waals surface area contributed by atoms with E-state index in [0.717, 1.165) is 17.8 Å². The number of para-hydroxylation sites is 1. The number of benzene rings is 1. The van der Waals surface area contributed by atoms with Gasteiger partial charge in [-0.2, -0.15) is 0 Å². The van der Waals surface area contributed by atoms with Gasteiger partial charge in [-0.1, -0.05) is 30.9 Å². The average Bonchev–Trinajstić information content (AvgIpc) is 2.26. The van der Waals surface area contributed by atoms with Gasteiger partial charge in [0.05, 0.1) is 12.3 Å². The van der Waals surface area contributed by atoms with Crippen LogP contribution in [-0.2, 0) is 4.84 Å². The predicted molar refractivity (Wildman–Crippen MR) is 61.2 cm³/mol. The van der Waals surface area contributed by atoms with E-state index < -0.39 is 0 Å². The molecule has 0 atom stereocenters. The van der Waals surface area contributed by atoms with E-state index in [1.54, 1.807) is 0 Å². The zero-order valence-electron chi connectivity index (χ0n) is 8.86. The Morgan fingerprint density at radius 2 is 2.07 bits per heavy atom. The van der Waals surface area contributed by atoms with E-state index >= 15 is 0 Å². The van der Waals surface area contributed by atoms with E-state index in [4.69, 9.17) is 4.84 Å². The number of hydroxylamine groups is 1. The van der Waals surface area contributed by atoms with Gasteiger partial charge in [-0.25, -0.2) is 0 Å². The molecule has 0 heterocycles. The summed E-state index contributed by atoms with van der Waals surface area (Å²) in [5.41, 5.74) is 2.18. The molecule has 2 heteroatoms. The molecule has 0 aliphatic carbocycles. The Kier molecular flexibility index (Phi) is 4.20. The summed E-state index contributed by atoms with van der Waals surface area (Å²) in [5.74, 6) is 0. The lowest BCUT2D eigenvalue weighted by molar-refractivity contribution is 0.123. The largest absolute Gasteiger partial charge is 0.274 e. The Morgan fingerprint density at radius 3 is 2.64 bits per heavy atom. The third kappa shape index (κ3) is 2.36. The van der Waals surface area contributed by atoms with Crippen LogP contribution in [0.2, 0.25) is 0 Å². The van der Waals surface area contributed by atoms with E-state index in [2.05, 4.69) is 13.5 Å². The molecule has 0 unspecified atom stereocenters. The van der Waals surface area contributed by atoms with Crippen LogP contribution in [0.25, 0.3) is 6.08 Å². The molecular weight excluding hydrogens is 174 g/mol. The van der Waals surface area contributed by atoms with Gasteiger partial charge in [-0.15, -0.1) is 0 Å². The molecule has 1 rings (SSSR count). The summed E-state index contributed by atoms with van der Waals surface area (Å²) in [6.07, 6.45) is 1.84. The van der Waals surface area contributed by atoms with Crippen molar-refractivity contribution in [2.45, 2.75) is 13.8 Å². The third-order valence-electron chi connectivity index (χ3n) is 2.00. The minimum Gasteiger partial charge on any atom is -0.274 e. The Morgan fingerprint density at radius 1 is 1.36 bits per heavy atom. The molecule has 0 aromatic heterocycles. The summed E-state index contributed by atoms with van der Waals surface area (Å²) in [6.45, 7) is 9.35. The summed E-state index contributed by atoms with van der Waals surface area (Å²) < 4.78 is 0. The van der Waals surface area contributed by atoms with Gasteiger partial charge >= 0.3 is 0 Å². The molecule has 0 N–H and O–H groups in total. The Labute approximate surface area is 85.8 Å². The van der Waals surface area contributed by atoms with Gasteiger partial charge in [-0.3, -0.25) is 9.90 Å². The average molecular weight is 191 g/mol. The summed E-state index contributed by atoms with van der Waals surface area (Å²) in [6, 6.07) is 8.07. The van der Waals surface area contributed by atoms with Crippen LogP contribution in [0.15, 0.2) is 30.8 Å². The molecule has 0 aliphatic rings. The van der Waals surface area contributed by atoms with E-state index in [-0.39, 0.29) is 0 Å². The molecule has 0 saturated heterocycles. The standard InChI is InChI=1S/C12H17NO/c1-4-11-9-7-8-10-12(11)13(5-2)14-6-3/h4,7-10H,1,5-6H2,2-3H3. The highest BCUT2D eigenvalue weighted by Gasteiger charge is 2.06. The highest BCUT2D eigenvalue weighted by Crippen LogP contribution is 2.21. The van der Waals surface area contributed by atoms with Crippen molar-refractivity contribution in [2.24, 2.45) is 0 Å². The maximum atomic E-state index is 5.51. The maximum absolute atomic E-state index is 5.51. The molecule has 0 saturated carbocycles. The van der Waals surface area contributed by atoms with Crippen LogP contribution in [0.3, 0.4) is 0 Å². The van der Waals surface area contributed by atoms with Crippen LogP contribution in [0.5, 0.6) is 0 Å². The maximum Gasteiger partial charge on any atom is 0.0720 e. The highest BCUT2D eigenvalue weighted by atomic mass is 16.7. The van der Waals surface area contributed by atoms with Gasteiger partial charge in [0.25, 0.3) is 0 Å². The molecule has 2 nitrogen and oxygen atoms in total. The molecule has 1 aromatic carbocycles. The van der Waals surface area contributed by atoms with E-state index in [1.165, 1.54) is 0 Å². The summed E-state index contributed by atoms with van der Waals surface area (Å²) in [7, 11) is 0.